The number of nitrogens with zero attached hydrogens (tertiary/aromatic N) is 3. The number of hydrogen-bond acceptors (Lipinski definition) is 6. The second kappa shape index (κ2) is 10.4. The molecule has 1 aromatic heterocycles. The highest BCUT2D eigenvalue weighted by atomic mass is 16.7. The van der Waals surface area contributed by atoms with E-state index in [0.717, 1.165) is 68.4 Å². The third kappa shape index (κ3) is 5.70. The first-order valence-electron chi connectivity index (χ1n) is 10.6. The van der Waals surface area contributed by atoms with E-state index in [1.807, 2.05) is 35.2 Å². The maximum Gasteiger partial charge on any atom is 0.231 e. The fourth-order valence-electron chi connectivity index (χ4n) is 3.82. The average molecular weight is 412 g/mol. The number of rotatable bonds is 9. The Labute approximate surface area is 177 Å². The molecular formula is C23H29N3O4. The molecule has 0 atom stereocenters. The van der Waals surface area contributed by atoms with Crippen LogP contribution >= 0.6 is 0 Å². The lowest BCUT2D eigenvalue weighted by atomic mass is 10.1. The highest BCUT2D eigenvalue weighted by molar-refractivity contribution is 5.76. The summed E-state index contributed by atoms with van der Waals surface area (Å²) in [7, 11) is 0. The molecule has 1 fully saturated rings. The normalized spacial score (nSPS) is 15.9. The minimum absolute atomic E-state index is 0.173. The summed E-state index contributed by atoms with van der Waals surface area (Å²) in [5.41, 5.74) is 2.19. The smallest absolute Gasteiger partial charge is 0.231 e. The van der Waals surface area contributed by atoms with E-state index < -0.39 is 0 Å². The van der Waals surface area contributed by atoms with Crippen molar-refractivity contribution in [2.45, 2.75) is 25.8 Å². The molecule has 4 rings (SSSR count). The van der Waals surface area contributed by atoms with Gasteiger partial charge >= 0.3 is 0 Å². The van der Waals surface area contributed by atoms with Crippen molar-refractivity contribution < 1.29 is 19.0 Å². The Morgan fingerprint density at radius 3 is 2.67 bits per heavy atom. The molecule has 1 aromatic carbocycles. The van der Waals surface area contributed by atoms with Crippen LogP contribution < -0.4 is 9.47 Å². The summed E-state index contributed by atoms with van der Waals surface area (Å²) >= 11 is 0. The van der Waals surface area contributed by atoms with Crippen LogP contribution in [0.5, 0.6) is 11.5 Å². The van der Waals surface area contributed by atoms with Gasteiger partial charge in [0.2, 0.25) is 12.7 Å². The minimum Gasteiger partial charge on any atom is -0.454 e. The number of aryl methyl sites for hydroxylation is 1. The van der Waals surface area contributed by atoms with Gasteiger partial charge in [0.1, 0.15) is 0 Å². The van der Waals surface area contributed by atoms with Crippen LogP contribution in [0.25, 0.3) is 0 Å². The predicted molar refractivity (Wildman–Crippen MR) is 112 cm³/mol. The van der Waals surface area contributed by atoms with Gasteiger partial charge in [0.25, 0.3) is 0 Å². The Morgan fingerprint density at radius 2 is 1.83 bits per heavy atom. The monoisotopic (exact) mass is 411 g/mol. The van der Waals surface area contributed by atoms with Gasteiger partial charge in [-0.2, -0.15) is 0 Å². The SMILES string of the molecule is O=C(CCc1ccc2c(c1)OCO2)N(CCCN1CCOCC1)Cc1ccncc1. The van der Waals surface area contributed by atoms with Crippen molar-refractivity contribution in [3.05, 3.63) is 53.9 Å². The van der Waals surface area contributed by atoms with Crippen molar-refractivity contribution in [3.63, 3.8) is 0 Å². The third-order valence-electron chi connectivity index (χ3n) is 5.55. The first-order chi connectivity index (χ1) is 14.8. The van der Waals surface area contributed by atoms with E-state index in [1.54, 1.807) is 12.4 Å². The standard InChI is InChI=1S/C23H29N3O4/c27-23(5-3-19-2-4-21-22(16-19)30-18-29-21)26(17-20-6-8-24-9-7-20)11-1-10-25-12-14-28-15-13-25/h2,4,6-9,16H,1,3,5,10-15,17-18H2. The maximum absolute atomic E-state index is 13.1. The summed E-state index contributed by atoms with van der Waals surface area (Å²) in [4.78, 5) is 21.5. The van der Waals surface area contributed by atoms with Crippen LogP contribution in [0, 0.1) is 0 Å². The van der Waals surface area contributed by atoms with Crippen molar-refractivity contribution in [1.29, 1.82) is 0 Å². The van der Waals surface area contributed by atoms with Crippen molar-refractivity contribution in [2.75, 3.05) is 46.2 Å². The first kappa shape index (κ1) is 20.6. The van der Waals surface area contributed by atoms with Gasteiger partial charge in [-0.25, -0.2) is 0 Å². The molecule has 2 aliphatic heterocycles. The lowest BCUT2D eigenvalue weighted by molar-refractivity contribution is -0.132. The third-order valence-corrected chi connectivity index (χ3v) is 5.55. The second-order valence-electron chi connectivity index (χ2n) is 7.67. The van der Waals surface area contributed by atoms with Crippen LogP contribution in [-0.4, -0.2) is 66.9 Å². The molecule has 0 saturated carbocycles. The van der Waals surface area contributed by atoms with Gasteiger partial charge < -0.3 is 19.1 Å². The predicted octanol–water partition coefficient (Wildman–Crippen LogP) is 2.49. The lowest BCUT2D eigenvalue weighted by Gasteiger charge is -2.28. The van der Waals surface area contributed by atoms with Crippen molar-refractivity contribution in [1.82, 2.24) is 14.8 Å². The molecule has 0 N–H and O–H groups in total. The lowest BCUT2D eigenvalue weighted by Crippen LogP contribution is -2.39. The van der Waals surface area contributed by atoms with Crippen molar-refractivity contribution in [3.8, 4) is 11.5 Å². The van der Waals surface area contributed by atoms with Gasteiger partial charge in [-0.05, 0) is 48.2 Å². The van der Waals surface area contributed by atoms with Crippen LogP contribution in [-0.2, 0) is 22.5 Å². The molecule has 1 amide bonds. The molecule has 0 spiro atoms. The van der Waals surface area contributed by atoms with E-state index >= 15 is 0 Å². The molecule has 0 bridgehead atoms. The zero-order valence-electron chi connectivity index (χ0n) is 17.3. The minimum atomic E-state index is 0.173. The van der Waals surface area contributed by atoms with E-state index in [9.17, 15) is 4.79 Å². The average Bonchev–Trinajstić information content (AvgIpc) is 3.26. The number of hydrogen-bond donors (Lipinski definition) is 0. The topological polar surface area (TPSA) is 64.1 Å². The molecule has 2 aromatic rings. The molecule has 1 saturated heterocycles. The van der Waals surface area contributed by atoms with Crippen LogP contribution in [0.2, 0.25) is 0 Å². The number of fused-ring (bicyclic) bond motifs is 1. The quantitative estimate of drug-likeness (QED) is 0.632. The van der Waals surface area contributed by atoms with Gasteiger partial charge in [0.05, 0.1) is 13.2 Å². The van der Waals surface area contributed by atoms with E-state index in [4.69, 9.17) is 14.2 Å². The zero-order chi connectivity index (χ0) is 20.6. The van der Waals surface area contributed by atoms with E-state index in [0.29, 0.717) is 19.4 Å². The fourth-order valence-corrected chi connectivity index (χ4v) is 3.82. The first-order valence-corrected chi connectivity index (χ1v) is 10.6. The van der Waals surface area contributed by atoms with Crippen LogP contribution in [0.15, 0.2) is 42.7 Å². The molecule has 160 valence electrons. The maximum atomic E-state index is 13.1. The number of pyridine rings is 1. The Morgan fingerprint density at radius 1 is 1.03 bits per heavy atom. The molecule has 2 aliphatic rings. The van der Waals surface area contributed by atoms with Gasteiger partial charge in [-0.3, -0.25) is 14.7 Å². The summed E-state index contributed by atoms with van der Waals surface area (Å²) in [6, 6.07) is 9.84. The molecule has 0 aliphatic carbocycles. The number of ether oxygens (including phenoxy) is 3. The van der Waals surface area contributed by atoms with E-state index in [-0.39, 0.29) is 12.7 Å². The highest BCUT2D eigenvalue weighted by Gasteiger charge is 2.17. The number of benzene rings is 1. The number of aromatic nitrogens is 1. The molecule has 7 heteroatoms. The number of carbonyl (C=O) groups is 1. The Bertz CT molecular complexity index is 824. The Balaban J connectivity index is 1.33. The van der Waals surface area contributed by atoms with Crippen molar-refractivity contribution in [2.24, 2.45) is 0 Å². The number of morpholine rings is 1. The summed E-state index contributed by atoms with van der Waals surface area (Å²) < 4.78 is 16.2. The molecule has 3 heterocycles. The van der Waals surface area contributed by atoms with Crippen LogP contribution in [0.3, 0.4) is 0 Å². The van der Waals surface area contributed by atoms with Gasteiger partial charge in [0.15, 0.2) is 11.5 Å². The van der Waals surface area contributed by atoms with Gasteiger partial charge in [-0.15, -0.1) is 0 Å². The molecular weight excluding hydrogens is 382 g/mol. The largest absolute Gasteiger partial charge is 0.454 e. The van der Waals surface area contributed by atoms with Crippen LogP contribution in [0.4, 0.5) is 0 Å². The zero-order valence-corrected chi connectivity index (χ0v) is 17.3. The summed E-state index contributed by atoms with van der Waals surface area (Å²) in [6.07, 6.45) is 5.67. The molecule has 7 nitrogen and oxygen atoms in total. The highest BCUT2D eigenvalue weighted by Crippen LogP contribution is 2.32. The second-order valence-corrected chi connectivity index (χ2v) is 7.67. The molecule has 0 radical (unpaired) electrons. The molecule has 30 heavy (non-hydrogen) atoms. The van der Waals surface area contributed by atoms with E-state index in [1.165, 1.54) is 0 Å². The fraction of sp³-hybridized carbons (Fsp3) is 0.478. The number of amides is 1. The van der Waals surface area contributed by atoms with Gasteiger partial charge in [0, 0.05) is 51.5 Å². The summed E-state index contributed by atoms with van der Waals surface area (Å²) in [5, 5.41) is 0. The van der Waals surface area contributed by atoms with Gasteiger partial charge in [-0.1, -0.05) is 6.07 Å². The Kier molecular flexibility index (Phi) is 7.16. The number of carbonyl (C=O) groups excluding carboxylic acids is 1. The van der Waals surface area contributed by atoms with E-state index in [2.05, 4.69) is 9.88 Å². The van der Waals surface area contributed by atoms with Crippen LogP contribution in [0.1, 0.15) is 24.0 Å². The van der Waals surface area contributed by atoms with Crippen molar-refractivity contribution >= 4 is 5.91 Å². The Hall–Kier alpha value is -2.64. The summed E-state index contributed by atoms with van der Waals surface area (Å²) in [6.45, 7) is 6.17. The summed E-state index contributed by atoms with van der Waals surface area (Å²) in [5.74, 6) is 1.71. The molecule has 0 unspecified atom stereocenters.